The van der Waals surface area contributed by atoms with Gasteiger partial charge in [-0.05, 0) is 31.5 Å². The number of pyridine rings is 1. The first kappa shape index (κ1) is 16.9. The third-order valence-electron chi connectivity index (χ3n) is 2.67. The van der Waals surface area contributed by atoms with Crippen molar-refractivity contribution in [2.75, 3.05) is 6.54 Å². The van der Waals surface area contributed by atoms with Crippen LogP contribution < -0.4 is 5.32 Å². The Morgan fingerprint density at radius 3 is 2.45 bits per heavy atom. The topological polar surface area (TPSA) is 34.1 Å². The van der Waals surface area contributed by atoms with Gasteiger partial charge in [0.05, 0.1) is 18.0 Å². The summed E-state index contributed by atoms with van der Waals surface area (Å²) in [5.74, 6) is 0.536. The lowest BCUT2D eigenvalue weighted by molar-refractivity contribution is -0.217. The Hall–Kier alpha value is -1.14. The molecule has 0 saturated heterocycles. The minimum absolute atomic E-state index is 0.140. The number of aromatic nitrogens is 1. The van der Waals surface area contributed by atoms with Gasteiger partial charge in [-0.3, -0.25) is 4.98 Å². The highest BCUT2D eigenvalue weighted by Gasteiger charge is 2.36. The van der Waals surface area contributed by atoms with Gasteiger partial charge in [-0.2, -0.15) is 13.2 Å². The minimum Gasteiger partial charge on any atom is -0.363 e. The minimum atomic E-state index is -4.34. The number of hydrogen-bond acceptors (Lipinski definition) is 3. The van der Waals surface area contributed by atoms with Crippen molar-refractivity contribution in [2.24, 2.45) is 5.92 Å². The van der Waals surface area contributed by atoms with Gasteiger partial charge >= 0.3 is 6.18 Å². The lowest BCUT2D eigenvalue weighted by atomic mass is 10.2. The molecule has 1 aromatic rings. The van der Waals surface area contributed by atoms with Crippen LogP contribution in [0.2, 0.25) is 0 Å². The summed E-state index contributed by atoms with van der Waals surface area (Å²) in [5.41, 5.74) is 1.30. The zero-order valence-corrected chi connectivity index (χ0v) is 12.0. The second-order valence-corrected chi connectivity index (χ2v) is 5.14. The first-order chi connectivity index (χ1) is 9.29. The Kier molecular flexibility index (Phi) is 6.42. The molecule has 1 rings (SSSR count). The van der Waals surface area contributed by atoms with E-state index in [2.05, 4.69) is 24.1 Å². The molecule has 0 aromatic carbocycles. The molecule has 0 radical (unpaired) electrons. The van der Waals surface area contributed by atoms with Gasteiger partial charge in [0.15, 0.2) is 6.10 Å². The fourth-order valence-electron chi connectivity index (χ4n) is 1.50. The van der Waals surface area contributed by atoms with Crippen molar-refractivity contribution in [3.8, 4) is 0 Å². The van der Waals surface area contributed by atoms with Crippen molar-refractivity contribution < 1.29 is 17.9 Å². The molecule has 0 aliphatic heterocycles. The van der Waals surface area contributed by atoms with Gasteiger partial charge in [0.2, 0.25) is 0 Å². The second kappa shape index (κ2) is 7.59. The summed E-state index contributed by atoms with van der Waals surface area (Å²) < 4.78 is 41.7. The molecule has 0 saturated carbocycles. The van der Waals surface area contributed by atoms with Crippen molar-refractivity contribution in [2.45, 2.75) is 46.2 Å². The van der Waals surface area contributed by atoms with Crippen LogP contribution in [0.15, 0.2) is 18.2 Å². The third kappa shape index (κ3) is 6.34. The number of ether oxygens (including phenoxy) is 1. The Balaban J connectivity index is 2.47. The maximum Gasteiger partial charge on any atom is 0.414 e. The van der Waals surface area contributed by atoms with E-state index in [1.807, 2.05) is 6.07 Å². The number of halogens is 3. The van der Waals surface area contributed by atoms with Crippen LogP contribution in [0.5, 0.6) is 0 Å². The molecule has 1 heterocycles. The van der Waals surface area contributed by atoms with Crippen LogP contribution in [0, 0.1) is 5.92 Å². The maximum absolute atomic E-state index is 12.3. The van der Waals surface area contributed by atoms with Gasteiger partial charge < -0.3 is 10.1 Å². The van der Waals surface area contributed by atoms with Crippen LogP contribution in [0.1, 0.15) is 32.2 Å². The normalized spacial score (nSPS) is 13.8. The summed E-state index contributed by atoms with van der Waals surface area (Å²) in [6.45, 7) is 6.52. The smallest absolute Gasteiger partial charge is 0.363 e. The quantitative estimate of drug-likeness (QED) is 0.836. The van der Waals surface area contributed by atoms with Crippen molar-refractivity contribution >= 4 is 0 Å². The molecule has 3 nitrogen and oxygen atoms in total. The largest absolute Gasteiger partial charge is 0.414 e. The summed E-state index contributed by atoms with van der Waals surface area (Å²) in [6, 6.07) is 5.27. The molecule has 0 amide bonds. The second-order valence-electron chi connectivity index (χ2n) is 5.14. The molecule has 0 bridgehead atoms. The number of hydrogen-bond donors (Lipinski definition) is 1. The zero-order chi connectivity index (χ0) is 15.2. The highest BCUT2D eigenvalue weighted by molar-refractivity contribution is 5.10. The van der Waals surface area contributed by atoms with E-state index in [0.717, 1.165) is 19.2 Å². The first-order valence-electron chi connectivity index (χ1n) is 6.63. The van der Waals surface area contributed by atoms with E-state index < -0.39 is 12.3 Å². The van der Waals surface area contributed by atoms with Crippen molar-refractivity contribution in [1.29, 1.82) is 0 Å². The van der Waals surface area contributed by atoms with Crippen molar-refractivity contribution in [3.63, 3.8) is 0 Å². The van der Waals surface area contributed by atoms with E-state index in [1.165, 1.54) is 0 Å². The van der Waals surface area contributed by atoms with Gasteiger partial charge in [0.25, 0.3) is 0 Å². The molecule has 1 aromatic heterocycles. The van der Waals surface area contributed by atoms with E-state index in [4.69, 9.17) is 4.74 Å². The number of nitrogens with zero attached hydrogens (tertiary/aromatic N) is 1. The number of nitrogens with one attached hydrogen (secondary N) is 1. The van der Waals surface area contributed by atoms with Crippen LogP contribution in [0.4, 0.5) is 13.2 Å². The van der Waals surface area contributed by atoms with Gasteiger partial charge in [-0.15, -0.1) is 0 Å². The van der Waals surface area contributed by atoms with Crippen LogP contribution >= 0.6 is 0 Å². The predicted molar refractivity (Wildman–Crippen MR) is 71.1 cm³/mol. The predicted octanol–water partition coefficient (Wildman–Crippen LogP) is 3.29. The SMILES string of the molecule is CC(C)CNCc1cccc(COC(C)C(F)(F)F)n1. The fraction of sp³-hybridized carbons (Fsp3) is 0.643. The van der Waals surface area contributed by atoms with E-state index >= 15 is 0 Å². The molecular weight excluding hydrogens is 269 g/mol. The van der Waals surface area contributed by atoms with Gasteiger partial charge in [0.1, 0.15) is 0 Å². The van der Waals surface area contributed by atoms with E-state index in [9.17, 15) is 13.2 Å². The van der Waals surface area contributed by atoms with Crippen LogP contribution in [0.25, 0.3) is 0 Å². The van der Waals surface area contributed by atoms with E-state index in [-0.39, 0.29) is 6.61 Å². The molecule has 1 atom stereocenters. The highest BCUT2D eigenvalue weighted by Crippen LogP contribution is 2.23. The summed E-state index contributed by atoms with van der Waals surface area (Å²) in [7, 11) is 0. The van der Waals surface area contributed by atoms with E-state index in [0.29, 0.717) is 18.2 Å². The maximum atomic E-state index is 12.3. The van der Waals surface area contributed by atoms with Crippen molar-refractivity contribution in [1.82, 2.24) is 10.3 Å². The van der Waals surface area contributed by atoms with Gasteiger partial charge in [-0.25, -0.2) is 0 Å². The lowest BCUT2D eigenvalue weighted by Gasteiger charge is -2.16. The van der Waals surface area contributed by atoms with Crippen molar-refractivity contribution in [3.05, 3.63) is 29.6 Å². The Bertz CT molecular complexity index is 408. The molecule has 1 unspecified atom stereocenters. The summed E-state index contributed by atoms with van der Waals surface area (Å²) in [5, 5.41) is 3.23. The fourth-order valence-corrected chi connectivity index (χ4v) is 1.50. The Labute approximate surface area is 117 Å². The van der Waals surface area contributed by atoms with Crippen LogP contribution in [-0.4, -0.2) is 23.8 Å². The third-order valence-corrected chi connectivity index (χ3v) is 2.67. The van der Waals surface area contributed by atoms with Crippen LogP contribution in [-0.2, 0) is 17.9 Å². The molecule has 0 fully saturated rings. The average Bonchev–Trinajstić information content (AvgIpc) is 2.35. The zero-order valence-electron chi connectivity index (χ0n) is 12.0. The molecule has 1 N–H and O–H groups in total. The monoisotopic (exact) mass is 290 g/mol. The van der Waals surface area contributed by atoms with Crippen LogP contribution in [0.3, 0.4) is 0 Å². The average molecular weight is 290 g/mol. The highest BCUT2D eigenvalue weighted by atomic mass is 19.4. The Morgan fingerprint density at radius 1 is 1.20 bits per heavy atom. The molecule has 0 aliphatic rings. The van der Waals surface area contributed by atoms with E-state index in [1.54, 1.807) is 12.1 Å². The standard InChI is InChI=1S/C14H21F3N2O/c1-10(2)7-18-8-12-5-4-6-13(19-12)9-20-11(3)14(15,16)17/h4-6,10-11,18H,7-9H2,1-3H3. The molecule has 6 heteroatoms. The van der Waals surface area contributed by atoms with Gasteiger partial charge in [-0.1, -0.05) is 19.9 Å². The molecule has 0 spiro atoms. The Morgan fingerprint density at radius 2 is 1.85 bits per heavy atom. The summed E-state index contributed by atoms with van der Waals surface area (Å²) >= 11 is 0. The van der Waals surface area contributed by atoms with Gasteiger partial charge in [0, 0.05) is 6.54 Å². The molecular formula is C14H21F3N2O. The number of alkyl halides is 3. The molecule has 20 heavy (non-hydrogen) atoms. The summed E-state index contributed by atoms with van der Waals surface area (Å²) in [4.78, 5) is 4.27. The molecule has 0 aliphatic carbocycles. The summed E-state index contributed by atoms with van der Waals surface area (Å²) in [6.07, 6.45) is -6.12. The number of rotatable bonds is 7. The molecule has 114 valence electrons. The first-order valence-corrected chi connectivity index (χ1v) is 6.63. The lowest BCUT2D eigenvalue weighted by Crippen LogP contribution is -2.28.